The van der Waals surface area contributed by atoms with Gasteiger partial charge in [0.2, 0.25) is 0 Å². The average Bonchev–Trinajstić information content (AvgIpc) is 2.77. The van der Waals surface area contributed by atoms with Gasteiger partial charge in [-0.1, -0.05) is 0 Å². The van der Waals surface area contributed by atoms with Crippen LogP contribution >= 0.6 is 0 Å². The molecule has 0 amide bonds. The van der Waals surface area contributed by atoms with Crippen molar-refractivity contribution in [2.24, 2.45) is 0 Å². The van der Waals surface area contributed by atoms with Crippen molar-refractivity contribution in [2.45, 2.75) is 45.2 Å². The van der Waals surface area contributed by atoms with Crippen LogP contribution in [0.2, 0.25) is 0 Å². The Bertz CT molecular complexity index is 168. The van der Waals surface area contributed by atoms with E-state index in [0.29, 0.717) is 19.6 Å². The van der Waals surface area contributed by atoms with Gasteiger partial charge in [-0.05, 0) is 20.8 Å². The lowest BCUT2D eigenvalue weighted by Gasteiger charge is -2.18. The van der Waals surface area contributed by atoms with Gasteiger partial charge in [-0.25, -0.2) is 0 Å². The molecule has 2 unspecified atom stereocenters. The summed E-state index contributed by atoms with van der Waals surface area (Å²) in [6.07, 6.45) is 0.414. The summed E-state index contributed by atoms with van der Waals surface area (Å²) in [5.41, 5.74) is -0.260. The molecule has 1 heterocycles. The predicted molar refractivity (Wildman–Crippen MR) is 52.0 cm³/mol. The molecule has 0 saturated carbocycles. The molecule has 2 atom stereocenters. The van der Waals surface area contributed by atoms with E-state index in [9.17, 15) is 0 Å². The zero-order chi connectivity index (χ0) is 10.6. The van der Waals surface area contributed by atoms with Gasteiger partial charge < -0.3 is 19.3 Å². The molecule has 4 heteroatoms. The minimum absolute atomic E-state index is 0.0501. The van der Waals surface area contributed by atoms with Crippen molar-refractivity contribution in [3.63, 3.8) is 0 Å². The standard InChI is InChI=1S/C10H20O4/c1-4-12-9(13-5-2)6-10(3)8(7-11)14-10/h8-9,11H,4-7H2,1-3H3. The first-order valence-electron chi connectivity index (χ1n) is 5.18. The number of ether oxygens (including phenoxy) is 3. The first-order chi connectivity index (χ1) is 6.66. The summed E-state index contributed by atoms with van der Waals surface area (Å²) in [7, 11) is 0. The summed E-state index contributed by atoms with van der Waals surface area (Å²) in [6.45, 7) is 7.17. The fraction of sp³-hybridized carbons (Fsp3) is 1.00. The van der Waals surface area contributed by atoms with Crippen LogP contribution in [-0.2, 0) is 14.2 Å². The normalized spacial score (nSPS) is 31.1. The van der Waals surface area contributed by atoms with Gasteiger partial charge in [0.25, 0.3) is 0 Å². The van der Waals surface area contributed by atoms with E-state index in [1.807, 2.05) is 20.8 Å². The molecule has 1 aliphatic rings. The smallest absolute Gasteiger partial charge is 0.160 e. The van der Waals surface area contributed by atoms with Gasteiger partial charge in [-0.15, -0.1) is 0 Å². The number of aliphatic hydroxyl groups excluding tert-OH is 1. The molecule has 1 N–H and O–H groups in total. The summed E-state index contributed by atoms with van der Waals surface area (Å²) in [5, 5.41) is 8.91. The Balaban J connectivity index is 2.32. The molecule has 0 bridgehead atoms. The van der Waals surface area contributed by atoms with Crippen LogP contribution in [0.15, 0.2) is 0 Å². The van der Waals surface area contributed by atoms with E-state index in [0.717, 1.165) is 0 Å². The van der Waals surface area contributed by atoms with Crippen molar-refractivity contribution < 1.29 is 19.3 Å². The zero-order valence-electron chi connectivity index (χ0n) is 9.16. The van der Waals surface area contributed by atoms with Crippen molar-refractivity contribution in [3.05, 3.63) is 0 Å². The zero-order valence-corrected chi connectivity index (χ0v) is 9.16. The SMILES string of the molecule is CCOC(CC1(C)OC1CO)OCC. The number of epoxide rings is 1. The predicted octanol–water partition coefficient (Wildman–Crippen LogP) is 0.925. The van der Waals surface area contributed by atoms with Gasteiger partial charge in [0, 0.05) is 19.6 Å². The molecular weight excluding hydrogens is 184 g/mol. The van der Waals surface area contributed by atoms with E-state index in [4.69, 9.17) is 19.3 Å². The summed E-state index contributed by atoms with van der Waals surface area (Å²) < 4.78 is 16.2. The van der Waals surface area contributed by atoms with E-state index < -0.39 is 0 Å². The van der Waals surface area contributed by atoms with Gasteiger partial charge in [0.1, 0.15) is 6.10 Å². The Morgan fingerprint density at radius 3 is 2.29 bits per heavy atom. The van der Waals surface area contributed by atoms with E-state index in [1.165, 1.54) is 0 Å². The van der Waals surface area contributed by atoms with Gasteiger partial charge >= 0.3 is 0 Å². The number of hydrogen-bond donors (Lipinski definition) is 1. The summed E-state index contributed by atoms with van der Waals surface area (Å²) in [6, 6.07) is 0. The van der Waals surface area contributed by atoms with Crippen LogP contribution in [0.25, 0.3) is 0 Å². The molecule has 0 aliphatic carbocycles. The highest BCUT2D eigenvalue weighted by atomic mass is 16.7. The monoisotopic (exact) mass is 204 g/mol. The van der Waals surface area contributed by atoms with Crippen molar-refractivity contribution in [1.29, 1.82) is 0 Å². The lowest BCUT2D eigenvalue weighted by atomic mass is 10.0. The average molecular weight is 204 g/mol. The Morgan fingerprint density at radius 2 is 1.93 bits per heavy atom. The highest BCUT2D eigenvalue weighted by Crippen LogP contribution is 2.40. The third-order valence-electron chi connectivity index (χ3n) is 2.48. The molecule has 0 radical (unpaired) electrons. The van der Waals surface area contributed by atoms with Crippen LogP contribution in [-0.4, -0.2) is 42.9 Å². The van der Waals surface area contributed by atoms with Crippen LogP contribution in [0.1, 0.15) is 27.2 Å². The Hall–Kier alpha value is -0.160. The molecule has 0 spiro atoms. The van der Waals surface area contributed by atoms with Crippen LogP contribution in [0.4, 0.5) is 0 Å². The summed E-state index contributed by atoms with van der Waals surface area (Å²) in [4.78, 5) is 0. The molecule has 0 aromatic rings. The molecule has 1 aliphatic heterocycles. The second-order valence-electron chi connectivity index (χ2n) is 3.65. The quantitative estimate of drug-likeness (QED) is 0.495. The first-order valence-corrected chi connectivity index (χ1v) is 5.18. The summed E-state index contributed by atoms with van der Waals surface area (Å²) in [5.74, 6) is 0. The van der Waals surface area contributed by atoms with Crippen molar-refractivity contribution >= 4 is 0 Å². The maximum Gasteiger partial charge on any atom is 0.160 e. The molecule has 4 nitrogen and oxygen atoms in total. The minimum Gasteiger partial charge on any atom is -0.394 e. The Kier molecular flexibility index (Phi) is 4.31. The third-order valence-corrected chi connectivity index (χ3v) is 2.48. The molecule has 14 heavy (non-hydrogen) atoms. The van der Waals surface area contributed by atoms with Gasteiger partial charge in [0.05, 0.1) is 12.2 Å². The molecule has 0 aromatic heterocycles. The maximum atomic E-state index is 8.91. The third kappa shape index (κ3) is 2.92. The number of aliphatic hydroxyl groups is 1. The second-order valence-corrected chi connectivity index (χ2v) is 3.65. The van der Waals surface area contributed by atoms with E-state index in [-0.39, 0.29) is 24.6 Å². The molecule has 1 fully saturated rings. The van der Waals surface area contributed by atoms with Crippen LogP contribution < -0.4 is 0 Å². The fourth-order valence-electron chi connectivity index (χ4n) is 1.57. The second kappa shape index (κ2) is 5.07. The van der Waals surface area contributed by atoms with Gasteiger partial charge in [-0.3, -0.25) is 0 Å². The lowest BCUT2D eigenvalue weighted by molar-refractivity contribution is -0.146. The molecule has 84 valence electrons. The number of hydrogen-bond acceptors (Lipinski definition) is 4. The van der Waals surface area contributed by atoms with Gasteiger partial charge in [0.15, 0.2) is 6.29 Å². The van der Waals surface area contributed by atoms with Crippen LogP contribution in [0, 0.1) is 0 Å². The van der Waals surface area contributed by atoms with Gasteiger partial charge in [-0.2, -0.15) is 0 Å². The lowest BCUT2D eigenvalue weighted by Crippen LogP contribution is -2.26. The highest BCUT2D eigenvalue weighted by Gasteiger charge is 2.53. The summed E-state index contributed by atoms with van der Waals surface area (Å²) >= 11 is 0. The van der Waals surface area contributed by atoms with Crippen LogP contribution in [0.5, 0.6) is 0 Å². The Labute approximate surface area is 85.2 Å². The fourth-order valence-corrected chi connectivity index (χ4v) is 1.57. The molecule has 1 saturated heterocycles. The molecular formula is C10H20O4. The maximum absolute atomic E-state index is 8.91. The topological polar surface area (TPSA) is 51.2 Å². The van der Waals surface area contributed by atoms with E-state index in [1.54, 1.807) is 0 Å². The van der Waals surface area contributed by atoms with Crippen LogP contribution in [0.3, 0.4) is 0 Å². The Morgan fingerprint density at radius 1 is 1.36 bits per heavy atom. The highest BCUT2D eigenvalue weighted by molar-refractivity contribution is 4.99. The molecule has 1 rings (SSSR count). The van der Waals surface area contributed by atoms with E-state index >= 15 is 0 Å². The number of rotatable bonds is 7. The minimum atomic E-state index is -0.260. The van der Waals surface area contributed by atoms with Crippen molar-refractivity contribution in [2.75, 3.05) is 19.8 Å². The van der Waals surface area contributed by atoms with Crippen molar-refractivity contribution in [1.82, 2.24) is 0 Å². The van der Waals surface area contributed by atoms with E-state index in [2.05, 4.69) is 0 Å². The first kappa shape index (κ1) is 11.9. The molecule has 0 aromatic carbocycles. The largest absolute Gasteiger partial charge is 0.394 e. The van der Waals surface area contributed by atoms with Crippen molar-refractivity contribution in [3.8, 4) is 0 Å².